The summed E-state index contributed by atoms with van der Waals surface area (Å²) in [5.74, 6) is 1.14. The van der Waals surface area contributed by atoms with Gasteiger partial charge in [-0.2, -0.15) is 0 Å². The maximum absolute atomic E-state index is 13.6. The smallest absolute Gasteiger partial charge is 0.137 e. The van der Waals surface area contributed by atoms with Gasteiger partial charge in [-0.3, -0.25) is 4.90 Å². The Bertz CT molecular complexity index is 1710. The molecule has 0 unspecified atom stereocenters. The molecule has 1 aliphatic rings. The average Bonchev–Trinajstić information content (AvgIpc) is 3.60. The fourth-order valence-electron chi connectivity index (χ4n) is 5.60. The van der Waals surface area contributed by atoms with Crippen LogP contribution in [0.15, 0.2) is 97.3 Å². The number of rotatable bonds is 5. The van der Waals surface area contributed by atoms with Gasteiger partial charge in [0.05, 0.1) is 16.7 Å². The van der Waals surface area contributed by atoms with Crippen molar-refractivity contribution in [3.8, 4) is 22.4 Å². The van der Waals surface area contributed by atoms with E-state index in [1.807, 2.05) is 24.4 Å². The fourth-order valence-corrected chi connectivity index (χ4v) is 5.60. The minimum Gasteiger partial charge on any atom is -0.342 e. The molecule has 3 aromatic heterocycles. The predicted octanol–water partition coefficient (Wildman–Crippen LogP) is 7.06. The quantitative estimate of drug-likeness (QED) is 0.275. The number of halogens is 1. The Labute approximate surface area is 220 Å². The molecule has 6 aromatic rings. The molecule has 0 amide bonds. The van der Waals surface area contributed by atoms with Crippen LogP contribution in [-0.2, 0) is 6.54 Å². The van der Waals surface area contributed by atoms with E-state index in [-0.39, 0.29) is 5.82 Å². The van der Waals surface area contributed by atoms with Crippen LogP contribution in [0.1, 0.15) is 30.1 Å². The van der Waals surface area contributed by atoms with Gasteiger partial charge >= 0.3 is 0 Å². The second-order valence-corrected chi connectivity index (χ2v) is 10.2. The van der Waals surface area contributed by atoms with Crippen LogP contribution in [0.2, 0.25) is 0 Å². The summed E-state index contributed by atoms with van der Waals surface area (Å²) >= 11 is 0. The van der Waals surface area contributed by atoms with Crippen LogP contribution in [0.25, 0.3) is 39.1 Å². The number of fused-ring (bicyclic) bond motifs is 2. The SMILES string of the molecule is Fc1ccc2nc(C3CCN(Cc4ccc(-c5nc6cccn6cc5-c5ccccc5)cc4)CC3)[nH]c2c1. The van der Waals surface area contributed by atoms with Gasteiger partial charge in [0.15, 0.2) is 0 Å². The lowest BCUT2D eigenvalue weighted by atomic mass is 9.95. The van der Waals surface area contributed by atoms with Gasteiger partial charge in [0.1, 0.15) is 17.3 Å². The van der Waals surface area contributed by atoms with E-state index in [4.69, 9.17) is 9.97 Å². The van der Waals surface area contributed by atoms with Crippen LogP contribution < -0.4 is 0 Å². The van der Waals surface area contributed by atoms with Crippen LogP contribution in [0.5, 0.6) is 0 Å². The third-order valence-electron chi connectivity index (χ3n) is 7.66. The van der Waals surface area contributed by atoms with Gasteiger partial charge in [0.2, 0.25) is 0 Å². The minimum atomic E-state index is -0.231. The topological polar surface area (TPSA) is 49.2 Å². The standard InChI is InChI=1S/C32H28FN5/c33-26-12-13-28-29(19-26)35-32(34-28)25-14-17-37(18-15-25)20-22-8-10-24(11-9-22)31-27(23-5-2-1-3-6-23)21-38-16-4-7-30(38)36-31/h1-13,16,19,21,25H,14-15,17-18,20H2,(H,34,35). The summed E-state index contributed by atoms with van der Waals surface area (Å²) in [5, 5.41) is 0. The zero-order valence-corrected chi connectivity index (χ0v) is 21.0. The van der Waals surface area contributed by atoms with E-state index in [1.54, 1.807) is 6.07 Å². The van der Waals surface area contributed by atoms with E-state index in [0.29, 0.717) is 5.92 Å². The van der Waals surface area contributed by atoms with Crippen molar-refractivity contribution >= 4 is 16.7 Å². The Morgan fingerprint density at radius 3 is 2.47 bits per heavy atom. The van der Waals surface area contributed by atoms with E-state index in [0.717, 1.165) is 77.4 Å². The summed E-state index contributed by atoms with van der Waals surface area (Å²) in [6.07, 6.45) is 6.30. The van der Waals surface area contributed by atoms with Gasteiger partial charge in [0.25, 0.3) is 0 Å². The van der Waals surface area contributed by atoms with Crippen molar-refractivity contribution < 1.29 is 4.39 Å². The van der Waals surface area contributed by atoms with Crippen molar-refractivity contribution in [2.75, 3.05) is 13.1 Å². The molecular weight excluding hydrogens is 473 g/mol. The number of nitrogens with one attached hydrogen (secondary N) is 1. The number of hydrogen-bond acceptors (Lipinski definition) is 3. The molecule has 1 fully saturated rings. The van der Waals surface area contributed by atoms with Gasteiger partial charge < -0.3 is 9.38 Å². The van der Waals surface area contributed by atoms with Crippen molar-refractivity contribution in [1.82, 2.24) is 24.3 Å². The summed E-state index contributed by atoms with van der Waals surface area (Å²) in [4.78, 5) is 15.6. The van der Waals surface area contributed by atoms with E-state index < -0.39 is 0 Å². The molecule has 38 heavy (non-hydrogen) atoms. The second kappa shape index (κ2) is 9.54. The van der Waals surface area contributed by atoms with Crippen molar-refractivity contribution in [1.29, 1.82) is 0 Å². The molecule has 1 saturated heterocycles. The second-order valence-electron chi connectivity index (χ2n) is 10.2. The van der Waals surface area contributed by atoms with Gasteiger partial charge in [-0.15, -0.1) is 0 Å². The van der Waals surface area contributed by atoms with Gasteiger partial charge in [-0.05, 0) is 67.4 Å². The first-order valence-corrected chi connectivity index (χ1v) is 13.2. The molecule has 0 radical (unpaired) electrons. The molecule has 0 saturated carbocycles. The molecule has 6 heteroatoms. The molecule has 1 aliphatic heterocycles. The van der Waals surface area contributed by atoms with Gasteiger partial charge in [-0.25, -0.2) is 14.4 Å². The predicted molar refractivity (Wildman–Crippen MR) is 149 cm³/mol. The Hall–Kier alpha value is -4.29. The van der Waals surface area contributed by atoms with Crippen LogP contribution >= 0.6 is 0 Å². The van der Waals surface area contributed by atoms with E-state index >= 15 is 0 Å². The number of nitrogens with zero attached hydrogens (tertiary/aromatic N) is 4. The largest absolute Gasteiger partial charge is 0.342 e. The molecule has 5 nitrogen and oxygen atoms in total. The summed E-state index contributed by atoms with van der Waals surface area (Å²) < 4.78 is 15.6. The van der Waals surface area contributed by atoms with Crippen molar-refractivity contribution in [2.45, 2.75) is 25.3 Å². The normalized spacial score (nSPS) is 15.0. The highest BCUT2D eigenvalue weighted by atomic mass is 19.1. The number of H-pyrrole nitrogens is 1. The van der Waals surface area contributed by atoms with E-state index in [9.17, 15) is 4.39 Å². The monoisotopic (exact) mass is 501 g/mol. The lowest BCUT2D eigenvalue weighted by molar-refractivity contribution is 0.202. The molecule has 3 aromatic carbocycles. The fraction of sp³-hybridized carbons (Fsp3) is 0.188. The van der Waals surface area contributed by atoms with Crippen LogP contribution in [0.4, 0.5) is 4.39 Å². The van der Waals surface area contributed by atoms with E-state index in [2.05, 4.69) is 69.0 Å². The summed E-state index contributed by atoms with van der Waals surface area (Å²) in [6.45, 7) is 2.96. The summed E-state index contributed by atoms with van der Waals surface area (Å²) in [7, 11) is 0. The van der Waals surface area contributed by atoms with Crippen LogP contribution in [0, 0.1) is 5.82 Å². The molecule has 7 rings (SSSR count). The Kier molecular flexibility index (Phi) is 5.74. The van der Waals surface area contributed by atoms with Crippen molar-refractivity contribution in [3.05, 3.63) is 115 Å². The maximum Gasteiger partial charge on any atom is 0.137 e. The lowest BCUT2D eigenvalue weighted by Crippen LogP contribution is -2.32. The van der Waals surface area contributed by atoms with Gasteiger partial charge in [-0.1, -0.05) is 54.6 Å². The summed E-state index contributed by atoms with van der Waals surface area (Å²) in [6, 6.07) is 28.1. The lowest BCUT2D eigenvalue weighted by Gasteiger charge is -2.31. The number of hydrogen-bond donors (Lipinski definition) is 1. The number of likely N-dealkylation sites (tertiary alicyclic amines) is 1. The number of aromatic nitrogens is 4. The minimum absolute atomic E-state index is 0.231. The maximum atomic E-state index is 13.6. The number of imidazole rings is 1. The molecule has 1 N–H and O–H groups in total. The third-order valence-corrected chi connectivity index (χ3v) is 7.66. The first-order chi connectivity index (χ1) is 18.7. The Balaban J connectivity index is 1.06. The molecule has 4 heterocycles. The Morgan fingerprint density at radius 1 is 0.842 bits per heavy atom. The molecule has 0 bridgehead atoms. The average molecular weight is 502 g/mol. The zero-order chi connectivity index (χ0) is 25.5. The molecule has 0 aliphatic carbocycles. The first-order valence-electron chi connectivity index (χ1n) is 13.2. The summed E-state index contributed by atoms with van der Waals surface area (Å²) in [5.41, 5.74) is 8.27. The molecule has 188 valence electrons. The zero-order valence-electron chi connectivity index (χ0n) is 21.0. The highest BCUT2D eigenvalue weighted by Gasteiger charge is 2.23. The van der Waals surface area contributed by atoms with E-state index in [1.165, 1.54) is 17.7 Å². The first kappa shape index (κ1) is 22.9. The molecule has 0 spiro atoms. The third kappa shape index (κ3) is 4.37. The van der Waals surface area contributed by atoms with Crippen LogP contribution in [0.3, 0.4) is 0 Å². The molecule has 0 atom stereocenters. The highest BCUT2D eigenvalue weighted by molar-refractivity contribution is 5.81. The van der Waals surface area contributed by atoms with Crippen molar-refractivity contribution in [3.63, 3.8) is 0 Å². The van der Waals surface area contributed by atoms with Crippen molar-refractivity contribution in [2.24, 2.45) is 0 Å². The highest BCUT2D eigenvalue weighted by Crippen LogP contribution is 2.32. The number of benzene rings is 3. The number of aromatic amines is 1. The van der Waals surface area contributed by atoms with Gasteiger partial charge in [0, 0.05) is 36.0 Å². The molecular formula is C32H28FN5. The number of piperidine rings is 1. The Morgan fingerprint density at radius 2 is 1.66 bits per heavy atom. The van der Waals surface area contributed by atoms with Crippen LogP contribution in [-0.4, -0.2) is 37.3 Å².